The van der Waals surface area contributed by atoms with Gasteiger partial charge in [-0.2, -0.15) is 0 Å². The highest BCUT2D eigenvalue weighted by atomic mass is 16.5. The van der Waals surface area contributed by atoms with Crippen LogP contribution in [0, 0.1) is 0 Å². The molecule has 8 heteroatoms. The lowest BCUT2D eigenvalue weighted by atomic mass is 9.95. The number of nitrogens with one attached hydrogen (secondary N) is 1. The van der Waals surface area contributed by atoms with Crippen molar-refractivity contribution in [1.82, 2.24) is 4.90 Å². The zero-order chi connectivity index (χ0) is 26.9. The van der Waals surface area contributed by atoms with Gasteiger partial charge in [-0.15, -0.1) is 0 Å². The number of carbonyl (C=O) groups excluding carboxylic acids is 2. The van der Waals surface area contributed by atoms with E-state index in [2.05, 4.69) is 13.8 Å². The van der Waals surface area contributed by atoms with Gasteiger partial charge in [-0.25, -0.2) is 0 Å². The molecule has 2 aromatic carbocycles. The predicted octanol–water partition coefficient (Wildman–Crippen LogP) is 2.03. The molecule has 3 rings (SSSR count). The fraction of sp³-hybridized carbons (Fsp3) is 0.448. The third kappa shape index (κ3) is 6.25. The Morgan fingerprint density at radius 1 is 0.946 bits per heavy atom. The molecule has 200 valence electrons. The van der Waals surface area contributed by atoms with Crippen molar-refractivity contribution >= 4 is 17.4 Å². The first-order valence-corrected chi connectivity index (χ1v) is 13.0. The van der Waals surface area contributed by atoms with E-state index in [0.717, 1.165) is 19.6 Å². The molecule has 0 saturated carbocycles. The standard InChI is InChI=1S/C29H38N2O6/c1-6-30(7-2)17-10-18-31-26(21-13-16-23(37-9-4)24(19-21)35-5)25(28(33)29(31)34)27(32)20-11-14-22(15-12-20)36-8-3/h11-16,19,26,32H,6-10,17-18H2,1-5H3/b27-25+. The predicted molar refractivity (Wildman–Crippen MR) is 140 cm³/mol. The van der Waals surface area contributed by atoms with Gasteiger partial charge in [0, 0.05) is 18.5 Å². The number of hydrogen-bond donors (Lipinski definition) is 1. The van der Waals surface area contributed by atoms with Crippen LogP contribution in [0.25, 0.3) is 5.76 Å². The molecule has 0 radical (unpaired) electrons. The maximum Gasteiger partial charge on any atom is 0.295 e. The van der Waals surface area contributed by atoms with E-state index in [0.29, 0.717) is 54.6 Å². The molecule has 1 saturated heterocycles. The molecule has 1 atom stereocenters. The number of nitrogens with zero attached hydrogens (tertiary/aromatic N) is 1. The highest BCUT2D eigenvalue weighted by molar-refractivity contribution is 6.46. The Morgan fingerprint density at radius 3 is 2.22 bits per heavy atom. The van der Waals surface area contributed by atoms with Gasteiger partial charge in [-0.1, -0.05) is 24.0 Å². The fourth-order valence-electron chi connectivity index (χ4n) is 4.70. The minimum Gasteiger partial charge on any atom is -0.872 e. The smallest absolute Gasteiger partial charge is 0.295 e. The Morgan fingerprint density at radius 2 is 1.62 bits per heavy atom. The Bertz CT molecular complexity index is 1110. The Labute approximate surface area is 219 Å². The number of quaternary nitrogens is 1. The first kappa shape index (κ1) is 28.1. The number of methoxy groups -OCH3 is 1. The average Bonchev–Trinajstić information content (AvgIpc) is 3.16. The number of amides is 1. The van der Waals surface area contributed by atoms with Crippen molar-refractivity contribution in [3.63, 3.8) is 0 Å². The fourth-order valence-corrected chi connectivity index (χ4v) is 4.70. The summed E-state index contributed by atoms with van der Waals surface area (Å²) in [4.78, 5) is 29.5. The molecule has 1 N–H and O–H groups in total. The maximum absolute atomic E-state index is 13.7. The SMILES string of the molecule is CCOc1ccc(/C([O-])=C2\C(=O)C(=O)N(CCC[NH+](CC)CC)C2c2ccc(OCC)c(OC)c2)cc1. The zero-order valence-corrected chi connectivity index (χ0v) is 22.5. The number of Topliss-reactive ketones (excluding diaryl/α,β-unsaturated/α-hetero) is 1. The molecule has 0 aliphatic carbocycles. The highest BCUT2D eigenvalue weighted by Gasteiger charge is 2.44. The van der Waals surface area contributed by atoms with Crippen LogP contribution in [-0.4, -0.2) is 63.1 Å². The second-order valence-electron chi connectivity index (χ2n) is 8.83. The van der Waals surface area contributed by atoms with Gasteiger partial charge in [0.25, 0.3) is 5.91 Å². The van der Waals surface area contributed by atoms with Crippen LogP contribution in [-0.2, 0) is 9.59 Å². The number of hydrogen-bond acceptors (Lipinski definition) is 6. The molecular weight excluding hydrogens is 472 g/mol. The lowest BCUT2D eigenvalue weighted by molar-refractivity contribution is -0.896. The summed E-state index contributed by atoms with van der Waals surface area (Å²) in [5.41, 5.74) is 0.913. The molecular formula is C29H38N2O6. The molecule has 1 aliphatic heterocycles. The number of rotatable bonds is 13. The summed E-state index contributed by atoms with van der Waals surface area (Å²) in [6.45, 7) is 12.2. The molecule has 8 nitrogen and oxygen atoms in total. The van der Waals surface area contributed by atoms with Gasteiger partial charge in [-0.05, 0) is 63.1 Å². The van der Waals surface area contributed by atoms with Crippen LogP contribution in [0.2, 0.25) is 0 Å². The summed E-state index contributed by atoms with van der Waals surface area (Å²) in [6, 6.07) is 11.1. The lowest BCUT2D eigenvalue weighted by Gasteiger charge is -2.28. The van der Waals surface area contributed by atoms with Gasteiger partial charge in [0.15, 0.2) is 11.5 Å². The second kappa shape index (κ2) is 13.1. The van der Waals surface area contributed by atoms with Crippen molar-refractivity contribution in [1.29, 1.82) is 0 Å². The Hall–Kier alpha value is -3.52. The first-order valence-electron chi connectivity index (χ1n) is 13.0. The molecule has 1 unspecified atom stereocenters. The summed E-state index contributed by atoms with van der Waals surface area (Å²) in [7, 11) is 1.53. The number of benzene rings is 2. The Kier molecular flexibility index (Phi) is 9.97. The van der Waals surface area contributed by atoms with Crippen molar-refractivity contribution in [2.75, 3.05) is 46.5 Å². The molecule has 1 aliphatic rings. The third-order valence-electron chi connectivity index (χ3n) is 6.69. The van der Waals surface area contributed by atoms with Gasteiger partial charge >= 0.3 is 0 Å². The number of carbonyl (C=O) groups is 2. The van der Waals surface area contributed by atoms with Crippen molar-refractivity contribution in [2.24, 2.45) is 0 Å². The van der Waals surface area contributed by atoms with Gasteiger partial charge in [-0.3, -0.25) is 9.59 Å². The highest BCUT2D eigenvalue weighted by Crippen LogP contribution is 2.41. The van der Waals surface area contributed by atoms with E-state index >= 15 is 0 Å². The van der Waals surface area contributed by atoms with Gasteiger partial charge in [0.1, 0.15) is 5.75 Å². The number of ether oxygens (including phenoxy) is 3. The minimum absolute atomic E-state index is 0.0458. The topological polar surface area (TPSA) is 92.6 Å². The van der Waals surface area contributed by atoms with E-state index in [4.69, 9.17) is 14.2 Å². The van der Waals surface area contributed by atoms with E-state index in [-0.39, 0.29) is 5.57 Å². The van der Waals surface area contributed by atoms with E-state index < -0.39 is 23.5 Å². The van der Waals surface area contributed by atoms with Crippen molar-refractivity contribution in [2.45, 2.75) is 40.2 Å². The minimum atomic E-state index is -0.810. The molecule has 1 fully saturated rings. The number of likely N-dealkylation sites (tertiary alicyclic amines) is 1. The molecule has 37 heavy (non-hydrogen) atoms. The van der Waals surface area contributed by atoms with Gasteiger partial charge in [0.05, 0.1) is 46.0 Å². The summed E-state index contributed by atoms with van der Waals surface area (Å²) < 4.78 is 16.6. The number of ketones is 1. The summed E-state index contributed by atoms with van der Waals surface area (Å²) in [6.07, 6.45) is 0.714. The monoisotopic (exact) mass is 510 g/mol. The molecule has 2 aromatic rings. The van der Waals surface area contributed by atoms with Crippen molar-refractivity contribution < 1.29 is 33.8 Å². The van der Waals surface area contributed by atoms with E-state index in [9.17, 15) is 14.7 Å². The Balaban J connectivity index is 2.07. The third-order valence-corrected chi connectivity index (χ3v) is 6.69. The summed E-state index contributed by atoms with van der Waals surface area (Å²) >= 11 is 0. The molecule has 1 heterocycles. The molecule has 1 amide bonds. The molecule has 0 aromatic heterocycles. The summed E-state index contributed by atoms with van der Waals surface area (Å²) in [5, 5.41) is 13.7. The van der Waals surface area contributed by atoms with Crippen LogP contribution in [0.15, 0.2) is 48.0 Å². The zero-order valence-electron chi connectivity index (χ0n) is 22.5. The van der Waals surface area contributed by atoms with Crippen LogP contribution >= 0.6 is 0 Å². The largest absolute Gasteiger partial charge is 0.872 e. The summed E-state index contributed by atoms with van der Waals surface area (Å²) in [5.74, 6) is -0.206. The van der Waals surface area contributed by atoms with Crippen LogP contribution in [0.1, 0.15) is 51.3 Å². The van der Waals surface area contributed by atoms with Crippen LogP contribution in [0.3, 0.4) is 0 Å². The van der Waals surface area contributed by atoms with E-state index in [1.54, 1.807) is 42.5 Å². The van der Waals surface area contributed by atoms with Gasteiger partial charge in [0.2, 0.25) is 5.78 Å². The van der Waals surface area contributed by atoms with Crippen LogP contribution in [0.5, 0.6) is 17.2 Å². The van der Waals surface area contributed by atoms with Gasteiger partial charge < -0.3 is 29.1 Å². The van der Waals surface area contributed by atoms with E-state index in [1.807, 2.05) is 13.8 Å². The van der Waals surface area contributed by atoms with Crippen LogP contribution in [0.4, 0.5) is 0 Å². The first-order chi connectivity index (χ1) is 17.9. The molecule has 0 spiro atoms. The van der Waals surface area contributed by atoms with Crippen molar-refractivity contribution in [3.8, 4) is 17.2 Å². The quantitative estimate of drug-likeness (QED) is 0.252. The van der Waals surface area contributed by atoms with Crippen LogP contribution < -0.4 is 24.2 Å². The molecule has 0 bridgehead atoms. The second-order valence-corrected chi connectivity index (χ2v) is 8.83. The maximum atomic E-state index is 13.7. The normalized spacial score (nSPS) is 16.9. The van der Waals surface area contributed by atoms with E-state index in [1.165, 1.54) is 16.9 Å². The van der Waals surface area contributed by atoms with Crippen molar-refractivity contribution in [3.05, 3.63) is 59.2 Å². The average molecular weight is 511 g/mol. The lowest BCUT2D eigenvalue weighted by Crippen LogP contribution is -3.11.